The maximum atomic E-state index is 11.7. The zero-order valence-corrected chi connectivity index (χ0v) is 22.7. The van der Waals surface area contributed by atoms with Crippen molar-refractivity contribution in [1.29, 1.82) is 0 Å². The second-order valence-electron chi connectivity index (χ2n) is 9.49. The fourth-order valence-electron chi connectivity index (χ4n) is 1.97. The van der Waals surface area contributed by atoms with Gasteiger partial charge in [-0.25, -0.2) is 0 Å². The van der Waals surface area contributed by atoms with Gasteiger partial charge in [-0.2, -0.15) is 0 Å². The molecular formula is C25H47NO4S. The van der Waals surface area contributed by atoms with Gasteiger partial charge in [0.25, 0.3) is 0 Å². The van der Waals surface area contributed by atoms with Gasteiger partial charge in [0, 0.05) is 12.6 Å². The Kier molecular flexibility index (Phi) is 15.6. The fraction of sp³-hybridized carbons (Fsp3) is 0.680. The molecule has 0 aliphatic carbocycles. The van der Waals surface area contributed by atoms with Crippen LogP contribution in [-0.2, 0) is 16.0 Å². The van der Waals surface area contributed by atoms with Gasteiger partial charge >= 0.3 is 5.97 Å². The second-order valence-corrected chi connectivity index (χ2v) is 13.0. The third kappa shape index (κ3) is 21.5. The molecule has 6 heteroatoms. The van der Waals surface area contributed by atoms with Crippen LogP contribution in [0.3, 0.4) is 0 Å². The summed E-state index contributed by atoms with van der Waals surface area (Å²) in [6.07, 6.45) is 8.26. The summed E-state index contributed by atoms with van der Waals surface area (Å²) in [6.45, 7) is 18.1. The zero-order chi connectivity index (χ0) is 24.8. The van der Waals surface area contributed by atoms with Crippen molar-refractivity contribution in [2.24, 2.45) is 10.9 Å². The van der Waals surface area contributed by atoms with E-state index in [4.69, 9.17) is 14.0 Å². The predicted octanol–water partition coefficient (Wildman–Crippen LogP) is 7.29. The SMILES string of the molecule is CC.CC(C)C.CC1C=Nc2ccc(CCC(=O)OC(C)(C)C)cc2O1.CS(C)(C)O. The quantitative estimate of drug-likeness (QED) is 0.484. The fourth-order valence-corrected chi connectivity index (χ4v) is 1.97. The summed E-state index contributed by atoms with van der Waals surface area (Å²) in [7, 11) is -1.17. The molecule has 1 heterocycles. The number of hydrogen-bond donors (Lipinski definition) is 1. The van der Waals surface area contributed by atoms with Crippen LogP contribution in [0, 0.1) is 5.92 Å². The highest BCUT2D eigenvalue weighted by molar-refractivity contribution is 8.27. The van der Waals surface area contributed by atoms with Gasteiger partial charge < -0.3 is 14.0 Å². The number of carbonyl (C=O) groups excluding carboxylic acids is 1. The molecule has 0 radical (unpaired) electrons. The summed E-state index contributed by atoms with van der Waals surface area (Å²) in [6, 6.07) is 5.84. The third-order valence-corrected chi connectivity index (χ3v) is 2.80. The number of nitrogens with zero attached hydrogens (tertiary/aromatic N) is 1. The molecule has 0 fully saturated rings. The predicted molar refractivity (Wildman–Crippen MR) is 139 cm³/mol. The third-order valence-electron chi connectivity index (χ3n) is 2.80. The first-order valence-corrected chi connectivity index (χ1v) is 13.8. The van der Waals surface area contributed by atoms with E-state index < -0.39 is 15.9 Å². The number of hydrogen-bond acceptors (Lipinski definition) is 5. The molecule has 1 N–H and O–H groups in total. The topological polar surface area (TPSA) is 68.1 Å². The maximum Gasteiger partial charge on any atom is 0.306 e. The smallest absolute Gasteiger partial charge is 0.306 e. The Hall–Kier alpha value is -1.53. The van der Waals surface area contributed by atoms with Crippen molar-refractivity contribution < 1.29 is 18.8 Å². The lowest BCUT2D eigenvalue weighted by atomic mass is 10.1. The van der Waals surface area contributed by atoms with Crippen molar-refractivity contribution in [3.63, 3.8) is 0 Å². The molecule has 1 aromatic carbocycles. The largest absolute Gasteiger partial charge is 0.483 e. The Labute approximate surface area is 193 Å². The van der Waals surface area contributed by atoms with Crippen molar-refractivity contribution >= 4 is 28.2 Å². The minimum absolute atomic E-state index is 0.0106. The minimum Gasteiger partial charge on any atom is -0.483 e. The first-order valence-electron chi connectivity index (χ1n) is 11.0. The molecule has 0 amide bonds. The van der Waals surface area contributed by atoms with Crippen LogP contribution in [-0.4, -0.2) is 47.2 Å². The van der Waals surface area contributed by atoms with E-state index in [0.29, 0.717) is 12.8 Å². The van der Waals surface area contributed by atoms with Crippen LogP contribution in [0.4, 0.5) is 5.69 Å². The van der Waals surface area contributed by atoms with Gasteiger partial charge in [0.2, 0.25) is 0 Å². The summed E-state index contributed by atoms with van der Waals surface area (Å²) in [5.74, 6) is 1.43. The molecule has 0 aromatic heterocycles. The van der Waals surface area contributed by atoms with Crippen molar-refractivity contribution in [3.05, 3.63) is 23.8 Å². The second kappa shape index (κ2) is 15.3. The number of benzene rings is 1. The van der Waals surface area contributed by atoms with Crippen molar-refractivity contribution in [2.75, 3.05) is 18.8 Å². The van der Waals surface area contributed by atoms with Gasteiger partial charge in [-0.05, 0) is 76.5 Å². The maximum absolute atomic E-state index is 11.7. The van der Waals surface area contributed by atoms with E-state index in [9.17, 15) is 4.79 Å². The summed E-state index contributed by atoms with van der Waals surface area (Å²) in [4.78, 5) is 16.0. The standard InChI is InChI=1S/C16H21NO3.C4H10.C3H10OS.C2H6/c1-11-10-17-13-7-5-12(9-14(13)19-11)6-8-15(18)20-16(2,3)4;1-4(2)3;1-5(2,3)4;1-2/h5,7,9-11H,6,8H2,1-4H3;4H,1-3H3;4H,1-3H3;1-2H3. The minimum atomic E-state index is -1.17. The average molecular weight is 458 g/mol. The monoisotopic (exact) mass is 457 g/mol. The normalized spacial score (nSPS) is 15.0. The van der Waals surface area contributed by atoms with Gasteiger partial charge in [-0.15, -0.1) is 10.3 Å². The average Bonchev–Trinajstić information content (AvgIpc) is 2.58. The van der Waals surface area contributed by atoms with Crippen molar-refractivity contribution in [1.82, 2.24) is 0 Å². The lowest BCUT2D eigenvalue weighted by Gasteiger charge is -2.20. The van der Waals surface area contributed by atoms with Crippen LogP contribution in [0.15, 0.2) is 23.2 Å². The van der Waals surface area contributed by atoms with Gasteiger partial charge in [0.05, 0.1) is 0 Å². The van der Waals surface area contributed by atoms with E-state index in [1.165, 1.54) is 0 Å². The zero-order valence-electron chi connectivity index (χ0n) is 21.9. The Balaban J connectivity index is 0. The number of rotatable bonds is 3. The molecule has 2 rings (SSSR count). The highest BCUT2D eigenvalue weighted by atomic mass is 32.3. The van der Waals surface area contributed by atoms with Crippen molar-refractivity contribution in [3.8, 4) is 5.75 Å². The molecule has 0 spiro atoms. The van der Waals surface area contributed by atoms with E-state index in [2.05, 4.69) is 25.8 Å². The molecule has 0 bridgehead atoms. The Morgan fingerprint density at radius 2 is 1.68 bits per heavy atom. The molecule has 1 atom stereocenters. The van der Waals surface area contributed by atoms with Crippen LogP contribution >= 0.6 is 10.3 Å². The Morgan fingerprint density at radius 3 is 2.13 bits per heavy atom. The van der Waals surface area contributed by atoms with Crippen molar-refractivity contribution in [2.45, 2.75) is 86.9 Å². The molecule has 0 saturated carbocycles. The summed E-state index contributed by atoms with van der Waals surface area (Å²) < 4.78 is 19.6. The summed E-state index contributed by atoms with van der Waals surface area (Å²) in [5, 5.41) is 0. The van der Waals surface area contributed by atoms with E-state index in [0.717, 1.165) is 22.9 Å². The van der Waals surface area contributed by atoms with Crippen LogP contribution in [0.1, 0.15) is 74.3 Å². The summed E-state index contributed by atoms with van der Waals surface area (Å²) >= 11 is 0. The number of fused-ring (bicyclic) bond motifs is 1. The summed E-state index contributed by atoms with van der Waals surface area (Å²) in [5.41, 5.74) is 1.46. The molecule has 1 aromatic rings. The molecule has 31 heavy (non-hydrogen) atoms. The van der Waals surface area contributed by atoms with E-state index in [1.807, 2.05) is 78.5 Å². The van der Waals surface area contributed by atoms with Crippen LogP contribution < -0.4 is 4.74 Å². The van der Waals surface area contributed by atoms with Crippen LogP contribution in [0.25, 0.3) is 0 Å². The highest BCUT2D eigenvalue weighted by Gasteiger charge is 2.17. The van der Waals surface area contributed by atoms with E-state index in [1.54, 1.807) is 6.21 Å². The number of esters is 1. The van der Waals surface area contributed by atoms with Gasteiger partial charge in [0.15, 0.2) is 0 Å². The molecule has 1 unspecified atom stereocenters. The number of carbonyl (C=O) groups is 1. The van der Waals surface area contributed by atoms with E-state index in [-0.39, 0.29) is 12.1 Å². The molecule has 0 saturated heterocycles. The molecule has 182 valence electrons. The van der Waals surface area contributed by atoms with Crippen LogP contribution in [0.2, 0.25) is 0 Å². The van der Waals surface area contributed by atoms with Gasteiger partial charge in [0.1, 0.15) is 23.1 Å². The molecular weight excluding hydrogens is 410 g/mol. The first-order chi connectivity index (χ1) is 14.1. The lowest BCUT2D eigenvalue weighted by Crippen LogP contribution is -2.24. The highest BCUT2D eigenvalue weighted by Crippen LogP contribution is 2.32. The van der Waals surface area contributed by atoms with Gasteiger partial charge in [-0.3, -0.25) is 9.79 Å². The van der Waals surface area contributed by atoms with E-state index >= 15 is 0 Å². The number of ether oxygens (including phenoxy) is 2. The van der Waals surface area contributed by atoms with Gasteiger partial charge in [-0.1, -0.05) is 40.7 Å². The Morgan fingerprint density at radius 1 is 1.19 bits per heavy atom. The molecule has 1 aliphatic rings. The molecule has 1 aliphatic heterocycles. The number of aliphatic imine (C=N–C) groups is 1. The lowest BCUT2D eigenvalue weighted by molar-refractivity contribution is -0.154. The molecule has 5 nitrogen and oxygen atoms in total. The Bertz CT molecular complexity index is 650. The first kappa shape index (κ1) is 31.7. The number of aryl methyl sites for hydroxylation is 1. The van der Waals surface area contributed by atoms with Crippen LogP contribution in [0.5, 0.6) is 5.75 Å².